The maximum absolute atomic E-state index is 12.4. The molecule has 0 unspecified atom stereocenters. The Kier molecular flexibility index (Phi) is 5.27. The van der Waals surface area contributed by atoms with E-state index in [9.17, 15) is 8.42 Å². The number of rotatable bonds is 5. The third-order valence-electron chi connectivity index (χ3n) is 3.20. The zero-order valence-electron chi connectivity index (χ0n) is 10.9. The Balaban J connectivity index is 2.11. The number of benzene rings is 1. The second-order valence-electron chi connectivity index (χ2n) is 4.55. The Hall–Kier alpha value is -0.560. The summed E-state index contributed by atoms with van der Waals surface area (Å²) >= 11 is 1.80. The molecule has 2 N–H and O–H groups in total. The van der Waals surface area contributed by atoms with Crippen molar-refractivity contribution in [3.05, 3.63) is 29.8 Å². The third kappa shape index (κ3) is 3.72. The van der Waals surface area contributed by atoms with E-state index in [-0.39, 0.29) is 0 Å². The molecule has 1 saturated heterocycles. The van der Waals surface area contributed by atoms with E-state index in [1.807, 2.05) is 12.1 Å². The van der Waals surface area contributed by atoms with E-state index in [2.05, 4.69) is 0 Å². The molecule has 106 valence electrons. The lowest BCUT2D eigenvalue weighted by atomic mass is 10.1. The molecule has 6 heteroatoms. The first-order valence-electron chi connectivity index (χ1n) is 6.51. The van der Waals surface area contributed by atoms with Gasteiger partial charge in [-0.3, -0.25) is 0 Å². The predicted molar refractivity (Wildman–Crippen MR) is 79.9 cm³/mol. The van der Waals surface area contributed by atoms with E-state index >= 15 is 0 Å². The fraction of sp³-hybridized carbons (Fsp3) is 0.538. The highest BCUT2D eigenvalue weighted by molar-refractivity contribution is 7.99. The highest BCUT2D eigenvalue weighted by Crippen LogP contribution is 2.20. The van der Waals surface area contributed by atoms with Gasteiger partial charge in [-0.1, -0.05) is 12.1 Å². The number of sulfonamides is 1. The van der Waals surface area contributed by atoms with Crippen LogP contribution in [-0.4, -0.2) is 43.9 Å². The molecule has 1 fully saturated rings. The molecule has 0 saturated carbocycles. The van der Waals surface area contributed by atoms with Gasteiger partial charge >= 0.3 is 0 Å². The summed E-state index contributed by atoms with van der Waals surface area (Å²) in [5, 5.41) is 0. The number of thioether (sulfide) groups is 1. The largest absolute Gasteiger partial charge is 0.330 e. The molecule has 0 aromatic heterocycles. The molecular formula is C13H20N2O2S2. The van der Waals surface area contributed by atoms with Crippen LogP contribution < -0.4 is 5.73 Å². The van der Waals surface area contributed by atoms with Crippen LogP contribution in [0.2, 0.25) is 0 Å². The highest BCUT2D eigenvalue weighted by Gasteiger charge is 2.25. The quantitative estimate of drug-likeness (QED) is 0.891. The van der Waals surface area contributed by atoms with Crippen molar-refractivity contribution < 1.29 is 8.42 Å². The number of nitrogens with zero attached hydrogens (tertiary/aromatic N) is 1. The van der Waals surface area contributed by atoms with E-state index in [1.54, 1.807) is 28.2 Å². The van der Waals surface area contributed by atoms with Gasteiger partial charge in [-0.05, 0) is 37.1 Å². The van der Waals surface area contributed by atoms with Gasteiger partial charge in [0.1, 0.15) is 0 Å². The molecule has 19 heavy (non-hydrogen) atoms. The molecule has 2 rings (SSSR count). The average molecular weight is 300 g/mol. The van der Waals surface area contributed by atoms with Gasteiger partial charge in [0.15, 0.2) is 0 Å². The fourth-order valence-corrected chi connectivity index (χ4v) is 4.65. The van der Waals surface area contributed by atoms with E-state index in [0.29, 0.717) is 24.5 Å². The Bertz CT molecular complexity index is 494. The van der Waals surface area contributed by atoms with Crippen molar-refractivity contribution in [3.63, 3.8) is 0 Å². The van der Waals surface area contributed by atoms with Crippen molar-refractivity contribution in [2.24, 2.45) is 5.73 Å². The van der Waals surface area contributed by atoms with Crippen molar-refractivity contribution in [2.75, 3.05) is 31.1 Å². The monoisotopic (exact) mass is 300 g/mol. The summed E-state index contributed by atoms with van der Waals surface area (Å²) in [4.78, 5) is 0.399. The van der Waals surface area contributed by atoms with Crippen molar-refractivity contribution in [1.82, 2.24) is 4.31 Å². The standard InChI is InChI=1S/C13H20N2O2S2/c14-7-1-2-12-3-5-13(6-4-12)19(16,17)15-8-10-18-11-9-15/h3-6H,1-2,7-11,14H2. The average Bonchev–Trinajstić information content (AvgIpc) is 2.46. The fourth-order valence-electron chi connectivity index (χ4n) is 2.07. The summed E-state index contributed by atoms with van der Waals surface area (Å²) in [7, 11) is -3.30. The number of hydrogen-bond acceptors (Lipinski definition) is 4. The van der Waals surface area contributed by atoms with Gasteiger partial charge in [-0.2, -0.15) is 16.1 Å². The molecule has 0 aliphatic carbocycles. The Morgan fingerprint density at radius 3 is 2.37 bits per heavy atom. The van der Waals surface area contributed by atoms with Crippen LogP contribution >= 0.6 is 11.8 Å². The maximum Gasteiger partial charge on any atom is 0.243 e. The van der Waals surface area contributed by atoms with Crippen LogP contribution in [0.15, 0.2) is 29.2 Å². The van der Waals surface area contributed by atoms with Gasteiger partial charge < -0.3 is 5.73 Å². The van der Waals surface area contributed by atoms with Crippen LogP contribution in [0, 0.1) is 0 Å². The lowest BCUT2D eigenvalue weighted by Crippen LogP contribution is -2.37. The Morgan fingerprint density at radius 2 is 1.79 bits per heavy atom. The van der Waals surface area contributed by atoms with Gasteiger partial charge in [0, 0.05) is 24.6 Å². The summed E-state index contributed by atoms with van der Waals surface area (Å²) < 4.78 is 26.4. The third-order valence-corrected chi connectivity index (χ3v) is 6.06. The molecule has 4 nitrogen and oxygen atoms in total. The molecule has 0 amide bonds. The summed E-state index contributed by atoms with van der Waals surface area (Å²) in [6.07, 6.45) is 1.83. The molecule has 1 aromatic carbocycles. The Labute approximate surface area is 119 Å². The molecule has 0 atom stereocenters. The summed E-state index contributed by atoms with van der Waals surface area (Å²) in [6.45, 7) is 1.88. The first-order chi connectivity index (χ1) is 9.14. The smallest absolute Gasteiger partial charge is 0.243 e. The minimum Gasteiger partial charge on any atom is -0.330 e. The van der Waals surface area contributed by atoms with Gasteiger partial charge in [0.25, 0.3) is 0 Å². The summed E-state index contributed by atoms with van der Waals surface area (Å²) in [5.74, 6) is 1.77. The van der Waals surface area contributed by atoms with Crippen LogP contribution in [0.25, 0.3) is 0 Å². The zero-order valence-corrected chi connectivity index (χ0v) is 12.5. The van der Waals surface area contributed by atoms with Crippen molar-refractivity contribution in [2.45, 2.75) is 17.7 Å². The van der Waals surface area contributed by atoms with Crippen molar-refractivity contribution in [1.29, 1.82) is 0 Å². The summed E-state index contributed by atoms with van der Waals surface area (Å²) in [5.41, 5.74) is 6.61. The minimum absolute atomic E-state index is 0.399. The zero-order chi connectivity index (χ0) is 13.7. The number of aryl methyl sites for hydroxylation is 1. The second-order valence-corrected chi connectivity index (χ2v) is 7.72. The predicted octanol–water partition coefficient (Wildman–Crippen LogP) is 1.32. The van der Waals surface area contributed by atoms with Crippen LogP contribution in [-0.2, 0) is 16.4 Å². The van der Waals surface area contributed by atoms with E-state index in [0.717, 1.165) is 29.9 Å². The molecule has 0 spiro atoms. The van der Waals surface area contributed by atoms with Crippen LogP contribution in [0.5, 0.6) is 0 Å². The molecule has 1 aliphatic heterocycles. The lowest BCUT2D eigenvalue weighted by Gasteiger charge is -2.25. The van der Waals surface area contributed by atoms with Crippen LogP contribution in [0.1, 0.15) is 12.0 Å². The number of nitrogens with two attached hydrogens (primary N) is 1. The molecule has 1 aromatic rings. The lowest BCUT2D eigenvalue weighted by molar-refractivity contribution is 0.443. The van der Waals surface area contributed by atoms with Crippen molar-refractivity contribution >= 4 is 21.8 Å². The highest BCUT2D eigenvalue weighted by atomic mass is 32.2. The topological polar surface area (TPSA) is 63.4 Å². The van der Waals surface area contributed by atoms with Gasteiger partial charge in [-0.25, -0.2) is 8.42 Å². The Morgan fingerprint density at radius 1 is 1.16 bits per heavy atom. The maximum atomic E-state index is 12.4. The van der Waals surface area contributed by atoms with Crippen LogP contribution in [0.3, 0.4) is 0 Å². The summed E-state index contributed by atoms with van der Waals surface area (Å²) in [6, 6.07) is 7.20. The van der Waals surface area contributed by atoms with Crippen LogP contribution in [0.4, 0.5) is 0 Å². The molecule has 1 aliphatic rings. The van der Waals surface area contributed by atoms with Gasteiger partial charge in [0.05, 0.1) is 4.90 Å². The van der Waals surface area contributed by atoms with Crippen molar-refractivity contribution in [3.8, 4) is 0 Å². The van der Waals surface area contributed by atoms with E-state index < -0.39 is 10.0 Å². The molecule has 0 bridgehead atoms. The SMILES string of the molecule is NCCCc1ccc(S(=O)(=O)N2CCSCC2)cc1. The second kappa shape index (κ2) is 6.74. The van der Waals surface area contributed by atoms with Gasteiger partial charge in [-0.15, -0.1) is 0 Å². The van der Waals surface area contributed by atoms with Gasteiger partial charge in [0.2, 0.25) is 10.0 Å². The van der Waals surface area contributed by atoms with E-state index in [4.69, 9.17) is 5.73 Å². The normalized spacial score (nSPS) is 17.5. The first kappa shape index (κ1) is 14.8. The molecule has 1 heterocycles. The minimum atomic E-state index is -3.30. The first-order valence-corrected chi connectivity index (χ1v) is 9.11. The molecule has 0 radical (unpaired) electrons. The number of hydrogen-bond donors (Lipinski definition) is 1. The van der Waals surface area contributed by atoms with E-state index in [1.165, 1.54) is 0 Å². The molecular weight excluding hydrogens is 280 g/mol.